The van der Waals surface area contributed by atoms with Gasteiger partial charge < -0.3 is 10.5 Å². The average molecular weight is 211 g/mol. The summed E-state index contributed by atoms with van der Waals surface area (Å²) in [5, 5.41) is 0. The number of ether oxygens (including phenoxy) is 1. The Bertz CT molecular complexity index is 189. The van der Waals surface area contributed by atoms with E-state index in [1.54, 1.807) is 0 Å². The molecule has 0 aromatic heterocycles. The normalized spacial score (nSPS) is 38.4. The Morgan fingerprint density at radius 2 is 2.20 bits per heavy atom. The van der Waals surface area contributed by atoms with Crippen molar-refractivity contribution in [3.8, 4) is 0 Å². The first-order valence-corrected chi connectivity index (χ1v) is 6.63. The van der Waals surface area contributed by atoms with Gasteiger partial charge >= 0.3 is 0 Å². The van der Waals surface area contributed by atoms with Crippen LogP contribution in [0.5, 0.6) is 0 Å². The van der Waals surface area contributed by atoms with Gasteiger partial charge in [-0.25, -0.2) is 0 Å². The van der Waals surface area contributed by atoms with Gasteiger partial charge in [0.1, 0.15) is 0 Å². The van der Waals surface area contributed by atoms with Crippen LogP contribution in [0.15, 0.2) is 0 Å². The zero-order chi connectivity index (χ0) is 10.7. The van der Waals surface area contributed by atoms with Gasteiger partial charge in [-0.1, -0.05) is 13.3 Å². The third-order valence-corrected chi connectivity index (χ3v) is 4.19. The second kappa shape index (κ2) is 5.31. The lowest BCUT2D eigenvalue weighted by Crippen LogP contribution is -2.29. The SMILES string of the molecule is CC1CCC(C(N)CCC2CCCO2)C1. The molecule has 2 N–H and O–H groups in total. The molecule has 0 radical (unpaired) electrons. The fourth-order valence-electron chi connectivity index (χ4n) is 3.13. The minimum absolute atomic E-state index is 0.430. The summed E-state index contributed by atoms with van der Waals surface area (Å²) in [4.78, 5) is 0. The van der Waals surface area contributed by atoms with Gasteiger partial charge in [-0.2, -0.15) is 0 Å². The highest BCUT2D eigenvalue weighted by atomic mass is 16.5. The van der Waals surface area contributed by atoms with Crippen LogP contribution in [0.1, 0.15) is 51.9 Å². The number of hydrogen-bond donors (Lipinski definition) is 1. The van der Waals surface area contributed by atoms with E-state index in [1.165, 1.54) is 44.9 Å². The van der Waals surface area contributed by atoms with Gasteiger partial charge in [-0.3, -0.25) is 0 Å². The van der Waals surface area contributed by atoms with Crippen LogP contribution in [0, 0.1) is 11.8 Å². The van der Waals surface area contributed by atoms with E-state index in [-0.39, 0.29) is 0 Å². The quantitative estimate of drug-likeness (QED) is 0.776. The zero-order valence-corrected chi connectivity index (χ0v) is 9.95. The Morgan fingerprint density at radius 1 is 1.33 bits per heavy atom. The van der Waals surface area contributed by atoms with E-state index in [4.69, 9.17) is 10.5 Å². The summed E-state index contributed by atoms with van der Waals surface area (Å²) in [6.45, 7) is 3.33. The summed E-state index contributed by atoms with van der Waals surface area (Å²) in [7, 11) is 0. The number of hydrogen-bond acceptors (Lipinski definition) is 2. The predicted molar refractivity (Wildman–Crippen MR) is 62.7 cm³/mol. The van der Waals surface area contributed by atoms with Crippen molar-refractivity contribution in [1.82, 2.24) is 0 Å². The van der Waals surface area contributed by atoms with Crippen LogP contribution >= 0.6 is 0 Å². The van der Waals surface area contributed by atoms with Crippen LogP contribution in [-0.4, -0.2) is 18.8 Å². The molecule has 1 saturated heterocycles. The standard InChI is InChI=1S/C13H25NO/c1-10-4-5-11(9-10)13(14)7-6-12-3-2-8-15-12/h10-13H,2-9,14H2,1H3. The van der Waals surface area contributed by atoms with Gasteiger partial charge in [-0.15, -0.1) is 0 Å². The number of nitrogens with two attached hydrogens (primary N) is 1. The van der Waals surface area contributed by atoms with E-state index in [0.717, 1.165) is 18.4 Å². The predicted octanol–water partition coefficient (Wildman–Crippen LogP) is 2.71. The highest BCUT2D eigenvalue weighted by Gasteiger charge is 2.27. The Hall–Kier alpha value is -0.0800. The molecular formula is C13H25NO. The molecule has 2 fully saturated rings. The molecule has 1 saturated carbocycles. The molecule has 0 amide bonds. The zero-order valence-electron chi connectivity index (χ0n) is 9.95. The Morgan fingerprint density at radius 3 is 2.80 bits per heavy atom. The highest BCUT2D eigenvalue weighted by Crippen LogP contribution is 2.33. The van der Waals surface area contributed by atoms with E-state index in [9.17, 15) is 0 Å². The van der Waals surface area contributed by atoms with Crippen molar-refractivity contribution < 1.29 is 4.74 Å². The molecule has 2 nitrogen and oxygen atoms in total. The third-order valence-electron chi connectivity index (χ3n) is 4.19. The maximum atomic E-state index is 6.26. The van der Waals surface area contributed by atoms with E-state index in [1.807, 2.05) is 0 Å². The molecule has 2 aliphatic rings. The van der Waals surface area contributed by atoms with Crippen LogP contribution in [0.4, 0.5) is 0 Å². The van der Waals surface area contributed by atoms with Crippen molar-refractivity contribution in [3.63, 3.8) is 0 Å². The second-order valence-electron chi connectivity index (χ2n) is 5.55. The van der Waals surface area contributed by atoms with Crippen LogP contribution in [0.25, 0.3) is 0 Å². The smallest absolute Gasteiger partial charge is 0.0576 e. The van der Waals surface area contributed by atoms with Crippen LogP contribution in [-0.2, 0) is 4.74 Å². The number of rotatable bonds is 4. The monoisotopic (exact) mass is 211 g/mol. The first-order valence-electron chi connectivity index (χ1n) is 6.63. The van der Waals surface area contributed by atoms with Crippen LogP contribution in [0.2, 0.25) is 0 Å². The van der Waals surface area contributed by atoms with Crippen LogP contribution < -0.4 is 5.73 Å². The lowest BCUT2D eigenvalue weighted by Gasteiger charge is -2.20. The Balaban J connectivity index is 1.65. The first-order chi connectivity index (χ1) is 7.25. The van der Waals surface area contributed by atoms with Gasteiger partial charge in [0.05, 0.1) is 6.10 Å². The minimum atomic E-state index is 0.430. The summed E-state index contributed by atoms with van der Waals surface area (Å²) in [6, 6.07) is 0.430. The summed E-state index contributed by atoms with van der Waals surface area (Å²) < 4.78 is 5.63. The molecule has 0 spiro atoms. The average Bonchev–Trinajstić information content (AvgIpc) is 2.84. The molecule has 2 rings (SSSR count). The van der Waals surface area contributed by atoms with Crippen molar-refractivity contribution in [3.05, 3.63) is 0 Å². The van der Waals surface area contributed by atoms with Crippen molar-refractivity contribution >= 4 is 0 Å². The fraction of sp³-hybridized carbons (Fsp3) is 1.00. The van der Waals surface area contributed by atoms with Crippen LogP contribution in [0.3, 0.4) is 0 Å². The molecule has 4 atom stereocenters. The first kappa shape index (κ1) is 11.4. The van der Waals surface area contributed by atoms with Gasteiger partial charge in [0, 0.05) is 12.6 Å². The van der Waals surface area contributed by atoms with E-state index in [2.05, 4.69) is 6.92 Å². The van der Waals surface area contributed by atoms with Gasteiger partial charge in [-0.05, 0) is 50.4 Å². The Kier molecular flexibility index (Phi) is 4.04. The van der Waals surface area contributed by atoms with Crippen molar-refractivity contribution in [2.45, 2.75) is 64.0 Å². The molecule has 0 aromatic rings. The minimum Gasteiger partial charge on any atom is -0.378 e. The molecule has 2 heteroatoms. The molecule has 1 heterocycles. The maximum Gasteiger partial charge on any atom is 0.0576 e. The van der Waals surface area contributed by atoms with Gasteiger partial charge in [0.25, 0.3) is 0 Å². The summed E-state index contributed by atoms with van der Waals surface area (Å²) in [5.41, 5.74) is 6.26. The molecular weight excluding hydrogens is 186 g/mol. The molecule has 1 aliphatic carbocycles. The lowest BCUT2D eigenvalue weighted by atomic mass is 9.93. The Labute approximate surface area is 93.6 Å². The second-order valence-corrected chi connectivity index (χ2v) is 5.55. The largest absolute Gasteiger partial charge is 0.378 e. The van der Waals surface area contributed by atoms with Crippen molar-refractivity contribution in [2.24, 2.45) is 17.6 Å². The van der Waals surface area contributed by atoms with E-state index < -0.39 is 0 Å². The molecule has 4 unspecified atom stereocenters. The van der Waals surface area contributed by atoms with Gasteiger partial charge in [0.2, 0.25) is 0 Å². The summed E-state index contributed by atoms with van der Waals surface area (Å²) >= 11 is 0. The maximum absolute atomic E-state index is 6.26. The third kappa shape index (κ3) is 3.18. The highest BCUT2D eigenvalue weighted by molar-refractivity contribution is 4.82. The van der Waals surface area contributed by atoms with Crippen molar-refractivity contribution in [2.75, 3.05) is 6.61 Å². The summed E-state index contributed by atoms with van der Waals surface area (Å²) in [6.07, 6.45) is 9.48. The topological polar surface area (TPSA) is 35.2 Å². The summed E-state index contributed by atoms with van der Waals surface area (Å²) in [5.74, 6) is 1.70. The van der Waals surface area contributed by atoms with Crippen molar-refractivity contribution in [1.29, 1.82) is 0 Å². The van der Waals surface area contributed by atoms with E-state index >= 15 is 0 Å². The van der Waals surface area contributed by atoms with Gasteiger partial charge in [0.15, 0.2) is 0 Å². The molecule has 15 heavy (non-hydrogen) atoms. The lowest BCUT2D eigenvalue weighted by molar-refractivity contribution is 0.0988. The molecule has 0 bridgehead atoms. The van der Waals surface area contributed by atoms with E-state index in [0.29, 0.717) is 12.1 Å². The molecule has 1 aliphatic heterocycles. The molecule has 0 aromatic carbocycles. The fourth-order valence-corrected chi connectivity index (χ4v) is 3.13. The molecule has 88 valence electrons.